The van der Waals surface area contributed by atoms with E-state index in [1.54, 1.807) is 14.0 Å². The molecule has 0 spiro atoms. The summed E-state index contributed by atoms with van der Waals surface area (Å²) in [6.07, 6.45) is 0. The molecular formula is C13H16N4O2S. The zero-order valence-electron chi connectivity index (χ0n) is 11.6. The number of methoxy groups -OCH3 is 1. The van der Waals surface area contributed by atoms with E-state index in [0.717, 1.165) is 26.9 Å². The summed E-state index contributed by atoms with van der Waals surface area (Å²) in [5.41, 5.74) is 2.97. The SMILES string of the molecule is COCc1cc(C)nc2c1C1N=C(C)N(N)C(=O)C1S2. The number of fused-ring (bicyclic) bond motifs is 3. The highest BCUT2D eigenvalue weighted by atomic mass is 32.2. The third-order valence-electron chi connectivity index (χ3n) is 3.51. The number of aromatic nitrogens is 1. The van der Waals surface area contributed by atoms with Gasteiger partial charge in [-0.25, -0.2) is 15.8 Å². The molecule has 0 saturated heterocycles. The largest absolute Gasteiger partial charge is 0.380 e. The summed E-state index contributed by atoms with van der Waals surface area (Å²) in [5.74, 6) is 6.15. The minimum absolute atomic E-state index is 0.119. The molecule has 0 bridgehead atoms. The predicted molar refractivity (Wildman–Crippen MR) is 76.2 cm³/mol. The minimum atomic E-state index is -0.316. The average molecular weight is 292 g/mol. The van der Waals surface area contributed by atoms with Crippen molar-refractivity contribution in [1.82, 2.24) is 9.99 Å². The van der Waals surface area contributed by atoms with Crippen molar-refractivity contribution in [3.8, 4) is 0 Å². The molecule has 3 rings (SSSR count). The van der Waals surface area contributed by atoms with Crippen LogP contribution in [0.25, 0.3) is 0 Å². The van der Waals surface area contributed by atoms with Gasteiger partial charge in [0, 0.05) is 18.4 Å². The number of aryl methyl sites for hydroxylation is 1. The molecule has 2 N–H and O–H groups in total. The molecule has 2 atom stereocenters. The van der Waals surface area contributed by atoms with E-state index in [4.69, 9.17) is 10.6 Å². The van der Waals surface area contributed by atoms with Crippen LogP contribution in [-0.4, -0.2) is 34.1 Å². The maximum atomic E-state index is 12.3. The zero-order valence-corrected chi connectivity index (χ0v) is 12.4. The minimum Gasteiger partial charge on any atom is -0.380 e. The van der Waals surface area contributed by atoms with Crippen LogP contribution in [0.3, 0.4) is 0 Å². The van der Waals surface area contributed by atoms with Crippen LogP contribution in [0.4, 0.5) is 0 Å². The van der Waals surface area contributed by atoms with E-state index in [0.29, 0.717) is 12.4 Å². The van der Waals surface area contributed by atoms with Gasteiger partial charge in [-0.05, 0) is 25.5 Å². The Kier molecular flexibility index (Phi) is 3.27. The maximum absolute atomic E-state index is 12.3. The number of nitrogens with zero attached hydrogens (tertiary/aromatic N) is 3. The number of ether oxygens (including phenoxy) is 1. The Hall–Kier alpha value is -1.44. The van der Waals surface area contributed by atoms with Crippen LogP contribution < -0.4 is 5.84 Å². The van der Waals surface area contributed by atoms with Gasteiger partial charge in [0.2, 0.25) is 0 Å². The van der Waals surface area contributed by atoms with Crippen molar-refractivity contribution in [3.05, 3.63) is 22.9 Å². The lowest BCUT2D eigenvalue weighted by molar-refractivity contribution is -0.128. The molecule has 0 aromatic carbocycles. The molecule has 2 aliphatic rings. The monoisotopic (exact) mass is 292 g/mol. The number of amidine groups is 1. The summed E-state index contributed by atoms with van der Waals surface area (Å²) in [6, 6.07) is 1.79. The molecule has 106 valence electrons. The number of rotatable bonds is 2. The number of carbonyl (C=O) groups is 1. The molecule has 0 aliphatic carbocycles. The summed E-state index contributed by atoms with van der Waals surface area (Å²) < 4.78 is 5.26. The lowest BCUT2D eigenvalue weighted by Crippen LogP contribution is -2.50. The topological polar surface area (TPSA) is 80.8 Å². The molecule has 0 saturated carbocycles. The van der Waals surface area contributed by atoms with Crippen molar-refractivity contribution in [2.45, 2.75) is 36.8 Å². The molecule has 3 heterocycles. The molecule has 20 heavy (non-hydrogen) atoms. The summed E-state index contributed by atoms with van der Waals surface area (Å²) in [4.78, 5) is 21.4. The van der Waals surface area contributed by atoms with E-state index in [2.05, 4.69) is 9.98 Å². The third kappa shape index (κ3) is 1.93. The normalized spacial score (nSPS) is 24.5. The number of hydrogen-bond donors (Lipinski definition) is 1. The standard InChI is InChI=1S/C13H16N4O2S/c1-6-4-8(5-19-3)9-10-11(20-12(9)15-6)13(18)17(14)7(2)16-10/h4,10-11H,5,14H2,1-3H3. The van der Waals surface area contributed by atoms with E-state index in [1.807, 2.05) is 13.0 Å². The van der Waals surface area contributed by atoms with Crippen molar-refractivity contribution in [2.24, 2.45) is 10.8 Å². The quantitative estimate of drug-likeness (QED) is 0.654. The first-order chi connectivity index (χ1) is 9.52. The summed E-state index contributed by atoms with van der Waals surface area (Å²) >= 11 is 1.44. The van der Waals surface area contributed by atoms with Crippen LogP contribution >= 0.6 is 11.8 Å². The Morgan fingerprint density at radius 1 is 1.50 bits per heavy atom. The lowest BCUT2D eigenvalue weighted by atomic mass is 9.98. The number of aliphatic imine (C=N–C) groups is 1. The number of nitrogens with two attached hydrogens (primary N) is 1. The Morgan fingerprint density at radius 2 is 2.25 bits per heavy atom. The van der Waals surface area contributed by atoms with E-state index in [-0.39, 0.29) is 17.2 Å². The van der Waals surface area contributed by atoms with Gasteiger partial charge >= 0.3 is 0 Å². The molecule has 7 heteroatoms. The highest BCUT2D eigenvalue weighted by Gasteiger charge is 2.45. The fraction of sp³-hybridized carbons (Fsp3) is 0.462. The summed E-state index contributed by atoms with van der Waals surface area (Å²) in [7, 11) is 1.66. The van der Waals surface area contributed by atoms with Gasteiger partial charge in [-0.3, -0.25) is 9.79 Å². The van der Waals surface area contributed by atoms with E-state index in [9.17, 15) is 4.79 Å². The second-order valence-corrected chi connectivity index (χ2v) is 6.07. The fourth-order valence-corrected chi connectivity index (χ4v) is 3.97. The molecule has 6 nitrogen and oxygen atoms in total. The van der Waals surface area contributed by atoms with Gasteiger partial charge in [0.25, 0.3) is 5.91 Å². The van der Waals surface area contributed by atoms with E-state index >= 15 is 0 Å². The van der Waals surface area contributed by atoms with Gasteiger partial charge in [0.1, 0.15) is 22.2 Å². The molecule has 0 fully saturated rings. The van der Waals surface area contributed by atoms with Gasteiger partial charge in [-0.15, -0.1) is 0 Å². The first-order valence-electron chi connectivity index (χ1n) is 6.32. The van der Waals surface area contributed by atoms with Crippen molar-refractivity contribution in [1.29, 1.82) is 0 Å². The molecule has 1 amide bonds. The molecule has 0 radical (unpaired) electrons. The Bertz CT molecular complexity index is 617. The van der Waals surface area contributed by atoms with Crippen LogP contribution in [0.2, 0.25) is 0 Å². The number of pyridine rings is 1. The van der Waals surface area contributed by atoms with E-state index < -0.39 is 0 Å². The Labute approximate surface area is 121 Å². The molecule has 2 aliphatic heterocycles. The van der Waals surface area contributed by atoms with Gasteiger partial charge in [0.05, 0.1) is 6.61 Å². The first kappa shape index (κ1) is 13.5. The van der Waals surface area contributed by atoms with Gasteiger partial charge < -0.3 is 4.74 Å². The maximum Gasteiger partial charge on any atom is 0.258 e. The molecular weight excluding hydrogens is 276 g/mol. The number of thioether (sulfide) groups is 1. The van der Waals surface area contributed by atoms with Crippen LogP contribution in [0.15, 0.2) is 16.1 Å². The lowest BCUT2D eigenvalue weighted by Gasteiger charge is -2.28. The zero-order chi connectivity index (χ0) is 14.4. The number of carbonyl (C=O) groups excluding carboxylic acids is 1. The van der Waals surface area contributed by atoms with Gasteiger partial charge in [-0.2, -0.15) is 0 Å². The van der Waals surface area contributed by atoms with Crippen molar-refractivity contribution < 1.29 is 9.53 Å². The average Bonchev–Trinajstić information content (AvgIpc) is 2.75. The van der Waals surface area contributed by atoms with Crippen molar-refractivity contribution >= 4 is 23.5 Å². The summed E-state index contributed by atoms with van der Waals surface area (Å²) in [5, 5.41) is 1.68. The van der Waals surface area contributed by atoms with Crippen LogP contribution in [0, 0.1) is 6.92 Å². The van der Waals surface area contributed by atoms with Crippen LogP contribution in [-0.2, 0) is 16.1 Å². The highest BCUT2D eigenvalue weighted by Crippen LogP contribution is 2.48. The molecule has 2 unspecified atom stereocenters. The molecule has 1 aromatic heterocycles. The second kappa shape index (κ2) is 4.83. The summed E-state index contributed by atoms with van der Waals surface area (Å²) in [6.45, 7) is 4.17. The Balaban J connectivity index is 2.13. The Morgan fingerprint density at radius 3 is 2.95 bits per heavy atom. The molecule has 1 aromatic rings. The fourth-order valence-electron chi connectivity index (χ4n) is 2.61. The van der Waals surface area contributed by atoms with Gasteiger partial charge in [0.15, 0.2) is 0 Å². The smallest absolute Gasteiger partial charge is 0.258 e. The predicted octanol–water partition coefficient (Wildman–Crippen LogP) is 1.19. The van der Waals surface area contributed by atoms with E-state index in [1.165, 1.54) is 11.8 Å². The van der Waals surface area contributed by atoms with Gasteiger partial charge in [-0.1, -0.05) is 11.8 Å². The van der Waals surface area contributed by atoms with Crippen LogP contribution in [0.1, 0.15) is 29.8 Å². The van der Waals surface area contributed by atoms with Crippen molar-refractivity contribution in [2.75, 3.05) is 7.11 Å². The first-order valence-corrected chi connectivity index (χ1v) is 7.20. The highest BCUT2D eigenvalue weighted by molar-refractivity contribution is 8.01. The third-order valence-corrected chi connectivity index (χ3v) is 4.76. The number of hydrogen-bond acceptors (Lipinski definition) is 6. The van der Waals surface area contributed by atoms with Crippen LogP contribution in [0.5, 0.6) is 0 Å². The number of amides is 1. The number of hydrazine groups is 1. The second-order valence-electron chi connectivity index (χ2n) is 4.94. The van der Waals surface area contributed by atoms with Crippen molar-refractivity contribution in [3.63, 3.8) is 0 Å².